The van der Waals surface area contributed by atoms with Crippen molar-refractivity contribution in [1.82, 2.24) is 29.7 Å². The molecule has 1 aliphatic rings. The topological polar surface area (TPSA) is 109 Å². The third-order valence-electron chi connectivity index (χ3n) is 4.12. The molecule has 0 bridgehead atoms. The molecule has 1 aromatic heterocycles. The number of amides is 2. The molecule has 1 fully saturated rings. The highest BCUT2D eigenvalue weighted by atomic mass is 32.2. The Morgan fingerprint density at radius 1 is 1.42 bits per heavy atom. The Labute approximate surface area is 142 Å². The Morgan fingerprint density at radius 2 is 2.21 bits per heavy atom. The minimum Gasteiger partial charge on any atom is -0.331 e. The number of rotatable bonds is 7. The van der Waals surface area contributed by atoms with Crippen molar-refractivity contribution in [1.29, 1.82) is 0 Å². The summed E-state index contributed by atoms with van der Waals surface area (Å²) in [6.45, 7) is 4.04. The van der Waals surface area contributed by atoms with Crippen molar-refractivity contribution in [3.8, 4) is 0 Å². The van der Waals surface area contributed by atoms with Gasteiger partial charge in [-0.15, -0.1) is 0 Å². The van der Waals surface area contributed by atoms with Crippen molar-refractivity contribution < 1.29 is 13.2 Å². The minimum atomic E-state index is -3.20. The first kappa shape index (κ1) is 18.7. The Hall–Kier alpha value is -1.68. The summed E-state index contributed by atoms with van der Waals surface area (Å²) >= 11 is 0. The van der Waals surface area contributed by atoms with E-state index in [4.69, 9.17) is 0 Å². The Bertz CT molecular complexity index is 645. The lowest BCUT2D eigenvalue weighted by molar-refractivity contribution is 0.146. The van der Waals surface area contributed by atoms with E-state index >= 15 is 0 Å². The maximum atomic E-state index is 12.5. The quantitative estimate of drug-likeness (QED) is 0.729. The second kappa shape index (κ2) is 8.43. The van der Waals surface area contributed by atoms with Crippen molar-refractivity contribution in [2.45, 2.75) is 51.7 Å². The molecule has 2 N–H and O–H groups in total. The zero-order valence-electron chi connectivity index (χ0n) is 14.2. The van der Waals surface area contributed by atoms with Crippen LogP contribution >= 0.6 is 0 Å². The lowest BCUT2D eigenvalue weighted by Crippen LogP contribution is -2.49. The van der Waals surface area contributed by atoms with Gasteiger partial charge in [0.15, 0.2) is 0 Å². The van der Waals surface area contributed by atoms with Crippen LogP contribution in [0.25, 0.3) is 0 Å². The molecular formula is C14H26N6O3S. The van der Waals surface area contributed by atoms with Crippen LogP contribution in [0, 0.1) is 0 Å². The van der Waals surface area contributed by atoms with Gasteiger partial charge in [0.1, 0.15) is 12.2 Å². The molecule has 1 saturated heterocycles. The number of piperidine rings is 1. The predicted octanol–water partition coefficient (Wildman–Crippen LogP) is 0.301. The first-order valence-electron chi connectivity index (χ1n) is 8.26. The van der Waals surface area contributed by atoms with Gasteiger partial charge in [0.25, 0.3) is 0 Å². The standard InChI is InChI=1S/C14H26N6O3S/c1-3-20-13(16-11-17-20)10-15-14(21)19-9-5-4-6-12(19)7-8-18-24(2,22)23/h11-12,18H,3-10H2,1-2H3,(H,15,21). The highest BCUT2D eigenvalue weighted by molar-refractivity contribution is 7.88. The molecule has 1 atom stereocenters. The summed E-state index contributed by atoms with van der Waals surface area (Å²) in [5.74, 6) is 0.721. The molecule has 10 heteroatoms. The molecule has 2 rings (SSSR count). The number of carbonyl (C=O) groups is 1. The predicted molar refractivity (Wildman–Crippen MR) is 89.7 cm³/mol. The maximum Gasteiger partial charge on any atom is 0.318 e. The number of nitrogens with zero attached hydrogens (tertiary/aromatic N) is 4. The summed E-state index contributed by atoms with van der Waals surface area (Å²) < 4.78 is 26.6. The number of hydrogen-bond donors (Lipinski definition) is 2. The molecule has 24 heavy (non-hydrogen) atoms. The third-order valence-corrected chi connectivity index (χ3v) is 4.85. The average Bonchev–Trinajstić information content (AvgIpc) is 2.99. The van der Waals surface area contributed by atoms with Crippen molar-refractivity contribution in [2.75, 3.05) is 19.3 Å². The number of nitrogens with one attached hydrogen (secondary N) is 2. The molecule has 1 aromatic rings. The number of likely N-dealkylation sites (tertiary alicyclic amines) is 1. The largest absolute Gasteiger partial charge is 0.331 e. The molecule has 1 unspecified atom stereocenters. The monoisotopic (exact) mass is 358 g/mol. The lowest BCUT2D eigenvalue weighted by Gasteiger charge is -2.35. The molecule has 2 amide bonds. The fourth-order valence-electron chi connectivity index (χ4n) is 2.92. The van der Waals surface area contributed by atoms with Crippen LogP contribution < -0.4 is 10.0 Å². The molecule has 0 spiro atoms. The summed E-state index contributed by atoms with van der Waals surface area (Å²) in [7, 11) is -3.20. The van der Waals surface area contributed by atoms with Crippen LogP contribution in [0.5, 0.6) is 0 Å². The van der Waals surface area contributed by atoms with Crippen LogP contribution in [0.3, 0.4) is 0 Å². The van der Waals surface area contributed by atoms with Gasteiger partial charge in [0.05, 0.1) is 12.8 Å². The van der Waals surface area contributed by atoms with Crippen LogP contribution in [0.1, 0.15) is 38.4 Å². The van der Waals surface area contributed by atoms with Gasteiger partial charge in [-0.1, -0.05) is 0 Å². The van der Waals surface area contributed by atoms with Crippen molar-refractivity contribution in [2.24, 2.45) is 0 Å². The second-order valence-corrected chi connectivity index (χ2v) is 7.78. The first-order valence-corrected chi connectivity index (χ1v) is 10.2. The van der Waals surface area contributed by atoms with E-state index in [2.05, 4.69) is 20.1 Å². The molecule has 1 aliphatic heterocycles. The summed E-state index contributed by atoms with van der Waals surface area (Å²) in [6, 6.07) is -0.0817. The van der Waals surface area contributed by atoms with Crippen LogP contribution in [0.15, 0.2) is 6.33 Å². The Kier molecular flexibility index (Phi) is 6.55. The lowest BCUT2D eigenvalue weighted by atomic mass is 10.00. The molecule has 0 radical (unpaired) electrons. The summed E-state index contributed by atoms with van der Waals surface area (Å²) in [6.07, 6.45) is 6.15. The van der Waals surface area contributed by atoms with Crippen LogP contribution in [0.2, 0.25) is 0 Å². The van der Waals surface area contributed by atoms with Gasteiger partial charge in [-0.05, 0) is 32.6 Å². The van der Waals surface area contributed by atoms with E-state index in [1.54, 1.807) is 9.58 Å². The molecule has 9 nitrogen and oxygen atoms in total. The third kappa shape index (κ3) is 5.45. The van der Waals surface area contributed by atoms with Gasteiger partial charge in [-0.2, -0.15) is 5.10 Å². The average molecular weight is 358 g/mol. The molecular weight excluding hydrogens is 332 g/mol. The summed E-state index contributed by atoms with van der Waals surface area (Å²) in [5.41, 5.74) is 0. The van der Waals surface area contributed by atoms with E-state index in [9.17, 15) is 13.2 Å². The van der Waals surface area contributed by atoms with Crippen LogP contribution in [-0.2, 0) is 23.1 Å². The summed E-state index contributed by atoms with van der Waals surface area (Å²) in [4.78, 5) is 18.4. The van der Waals surface area contributed by atoms with E-state index in [1.165, 1.54) is 6.33 Å². The highest BCUT2D eigenvalue weighted by Gasteiger charge is 2.26. The smallest absolute Gasteiger partial charge is 0.318 e. The van der Waals surface area contributed by atoms with Gasteiger partial charge in [0.2, 0.25) is 10.0 Å². The van der Waals surface area contributed by atoms with E-state index in [0.717, 1.165) is 31.3 Å². The zero-order chi connectivity index (χ0) is 17.6. The van der Waals surface area contributed by atoms with Gasteiger partial charge in [-0.25, -0.2) is 27.6 Å². The zero-order valence-corrected chi connectivity index (χ0v) is 15.0. The number of aryl methyl sites for hydroxylation is 1. The number of aromatic nitrogens is 3. The molecule has 0 saturated carbocycles. The van der Waals surface area contributed by atoms with E-state index in [0.29, 0.717) is 32.6 Å². The normalized spacial score (nSPS) is 18.6. The molecule has 136 valence electrons. The fourth-order valence-corrected chi connectivity index (χ4v) is 3.41. The molecule has 2 heterocycles. The van der Waals surface area contributed by atoms with Crippen LogP contribution in [-0.4, -0.2) is 59.5 Å². The highest BCUT2D eigenvalue weighted by Crippen LogP contribution is 2.19. The van der Waals surface area contributed by atoms with Crippen LogP contribution in [0.4, 0.5) is 4.79 Å². The number of sulfonamides is 1. The maximum absolute atomic E-state index is 12.5. The van der Waals surface area contributed by atoms with Gasteiger partial charge < -0.3 is 10.2 Å². The molecule has 0 aliphatic carbocycles. The SMILES string of the molecule is CCn1ncnc1CNC(=O)N1CCCCC1CCNS(C)(=O)=O. The number of hydrogen-bond acceptors (Lipinski definition) is 5. The number of urea groups is 1. The van der Waals surface area contributed by atoms with Crippen molar-refractivity contribution in [3.63, 3.8) is 0 Å². The van der Waals surface area contributed by atoms with E-state index in [-0.39, 0.29) is 12.1 Å². The van der Waals surface area contributed by atoms with Gasteiger partial charge >= 0.3 is 6.03 Å². The number of carbonyl (C=O) groups excluding carboxylic acids is 1. The van der Waals surface area contributed by atoms with Gasteiger partial charge in [0, 0.05) is 25.7 Å². The van der Waals surface area contributed by atoms with Crippen molar-refractivity contribution in [3.05, 3.63) is 12.2 Å². The Balaban J connectivity index is 1.87. The van der Waals surface area contributed by atoms with E-state index < -0.39 is 10.0 Å². The molecule has 0 aromatic carbocycles. The first-order chi connectivity index (χ1) is 11.4. The van der Waals surface area contributed by atoms with E-state index in [1.807, 2.05) is 6.92 Å². The minimum absolute atomic E-state index is 0.0528. The summed E-state index contributed by atoms with van der Waals surface area (Å²) in [5, 5.41) is 6.97. The second-order valence-electron chi connectivity index (χ2n) is 5.95. The Morgan fingerprint density at radius 3 is 2.92 bits per heavy atom. The fraction of sp³-hybridized carbons (Fsp3) is 0.786. The van der Waals surface area contributed by atoms with Gasteiger partial charge in [-0.3, -0.25) is 0 Å². The van der Waals surface area contributed by atoms with Crippen molar-refractivity contribution >= 4 is 16.1 Å².